The molecule has 0 N–H and O–H groups in total. The zero-order valence-corrected chi connectivity index (χ0v) is 7.77. The Morgan fingerprint density at radius 2 is 2.00 bits per heavy atom. The van der Waals surface area contributed by atoms with Crippen LogP contribution in [0.5, 0.6) is 0 Å². The smallest absolute Gasteiger partial charge is 0.162 e. The van der Waals surface area contributed by atoms with Crippen LogP contribution in [0.2, 0.25) is 0 Å². The Morgan fingerprint density at radius 1 is 1.31 bits per heavy atom. The van der Waals surface area contributed by atoms with Gasteiger partial charge in [0, 0.05) is 0 Å². The molecular formula is C11H12F2. The van der Waals surface area contributed by atoms with Crippen LogP contribution in [0.15, 0.2) is 18.2 Å². The van der Waals surface area contributed by atoms with Crippen LogP contribution in [-0.2, 0) is 6.42 Å². The van der Waals surface area contributed by atoms with Crippen molar-refractivity contribution in [2.75, 3.05) is 0 Å². The standard InChI is InChI=1S/C11H12F2/c1-3-5-8-6-7-10(12)11(13)9(8)4-2/h3,5-7H,4H2,1-2H3/b5-3+. The van der Waals surface area contributed by atoms with Gasteiger partial charge in [-0.2, -0.15) is 0 Å². The van der Waals surface area contributed by atoms with E-state index in [-0.39, 0.29) is 0 Å². The average molecular weight is 182 g/mol. The first-order chi connectivity index (χ1) is 6.20. The van der Waals surface area contributed by atoms with Gasteiger partial charge in [-0.15, -0.1) is 0 Å². The van der Waals surface area contributed by atoms with E-state index in [0.717, 1.165) is 11.6 Å². The van der Waals surface area contributed by atoms with Gasteiger partial charge in [0.15, 0.2) is 11.6 Å². The van der Waals surface area contributed by atoms with Gasteiger partial charge in [-0.3, -0.25) is 0 Å². The van der Waals surface area contributed by atoms with Crippen LogP contribution >= 0.6 is 0 Å². The van der Waals surface area contributed by atoms with Gasteiger partial charge in [0.1, 0.15) is 0 Å². The third-order valence-corrected chi connectivity index (χ3v) is 1.93. The summed E-state index contributed by atoms with van der Waals surface area (Å²) in [6.07, 6.45) is 4.09. The van der Waals surface area contributed by atoms with E-state index < -0.39 is 11.6 Å². The van der Waals surface area contributed by atoms with Crippen molar-refractivity contribution in [2.24, 2.45) is 0 Å². The summed E-state index contributed by atoms with van der Waals surface area (Å²) < 4.78 is 26.0. The zero-order valence-electron chi connectivity index (χ0n) is 7.77. The molecule has 0 aliphatic carbocycles. The predicted molar refractivity (Wildman–Crippen MR) is 50.4 cm³/mol. The fraction of sp³-hybridized carbons (Fsp3) is 0.273. The maximum absolute atomic E-state index is 13.2. The minimum absolute atomic E-state index is 0.443. The van der Waals surface area contributed by atoms with Gasteiger partial charge in [0.25, 0.3) is 0 Å². The molecule has 0 nitrogen and oxygen atoms in total. The van der Waals surface area contributed by atoms with Gasteiger partial charge in [0.05, 0.1) is 0 Å². The SMILES string of the molecule is C/C=C/c1ccc(F)c(F)c1CC. The summed E-state index contributed by atoms with van der Waals surface area (Å²) in [6, 6.07) is 2.75. The maximum atomic E-state index is 13.2. The number of benzene rings is 1. The van der Waals surface area contributed by atoms with Crippen molar-refractivity contribution in [3.8, 4) is 0 Å². The molecule has 0 amide bonds. The second kappa shape index (κ2) is 4.17. The lowest BCUT2D eigenvalue weighted by Crippen LogP contribution is -1.95. The van der Waals surface area contributed by atoms with Gasteiger partial charge < -0.3 is 0 Å². The summed E-state index contributed by atoms with van der Waals surface area (Å²) in [5.74, 6) is -1.50. The molecule has 70 valence electrons. The molecule has 0 aromatic heterocycles. The van der Waals surface area contributed by atoms with Gasteiger partial charge in [-0.1, -0.05) is 25.1 Å². The number of halogens is 2. The highest BCUT2D eigenvalue weighted by Crippen LogP contribution is 2.18. The van der Waals surface area contributed by atoms with Crippen molar-refractivity contribution in [1.82, 2.24) is 0 Å². The van der Waals surface area contributed by atoms with Crippen molar-refractivity contribution in [2.45, 2.75) is 20.3 Å². The van der Waals surface area contributed by atoms with E-state index in [0.29, 0.717) is 12.0 Å². The van der Waals surface area contributed by atoms with Crippen LogP contribution in [0, 0.1) is 11.6 Å². The van der Waals surface area contributed by atoms with Crippen LogP contribution in [0.1, 0.15) is 25.0 Å². The maximum Gasteiger partial charge on any atom is 0.162 e. The highest BCUT2D eigenvalue weighted by molar-refractivity contribution is 5.54. The first-order valence-electron chi connectivity index (χ1n) is 4.30. The van der Waals surface area contributed by atoms with E-state index in [2.05, 4.69) is 0 Å². The predicted octanol–water partition coefficient (Wildman–Crippen LogP) is 3.56. The molecule has 1 aromatic rings. The van der Waals surface area contributed by atoms with Crippen LogP contribution < -0.4 is 0 Å². The monoisotopic (exact) mass is 182 g/mol. The van der Waals surface area contributed by atoms with Crippen molar-refractivity contribution in [3.63, 3.8) is 0 Å². The molecule has 0 saturated heterocycles. The number of hydrogen-bond donors (Lipinski definition) is 0. The second-order valence-electron chi connectivity index (χ2n) is 2.78. The Bertz CT molecular complexity index is 327. The highest BCUT2D eigenvalue weighted by atomic mass is 19.2. The Kier molecular flexibility index (Phi) is 3.18. The topological polar surface area (TPSA) is 0 Å². The minimum Gasteiger partial charge on any atom is -0.204 e. The Balaban J connectivity index is 3.29. The van der Waals surface area contributed by atoms with Gasteiger partial charge in [-0.05, 0) is 30.5 Å². The molecule has 0 fully saturated rings. The summed E-state index contributed by atoms with van der Waals surface area (Å²) in [6.45, 7) is 3.66. The van der Waals surface area contributed by atoms with Crippen molar-refractivity contribution in [3.05, 3.63) is 41.0 Å². The fourth-order valence-electron chi connectivity index (χ4n) is 1.30. The van der Waals surface area contributed by atoms with Crippen LogP contribution in [0.25, 0.3) is 6.08 Å². The van der Waals surface area contributed by atoms with Gasteiger partial charge >= 0.3 is 0 Å². The summed E-state index contributed by atoms with van der Waals surface area (Å²) in [5, 5.41) is 0. The Hall–Kier alpha value is -1.18. The summed E-state index contributed by atoms with van der Waals surface area (Å²) in [4.78, 5) is 0. The normalized spacial score (nSPS) is 11.1. The largest absolute Gasteiger partial charge is 0.204 e. The first kappa shape index (κ1) is 9.90. The van der Waals surface area contributed by atoms with Gasteiger partial charge in [-0.25, -0.2) is 8.78 Å². The quantitative estimate of drug-likeness (QED) is 0.656. The molecule has 0 unspecified atom stereocenters. The van der Waals surface area contributed by atoms with Crippen molar-refractivity contribution < 1.29 is 8.78 Å². The third-order valence-electron chi connectivity index (χ3n) is 1.93. The highest BCUT2D eigenvalue weighted by Gasteiger charge is 2.09. The molecule has 0 spiro atoms. The molecule has 0 radical (unpaired) electrons. The lowest BCUT2D eigenvalue weighted by Gasteiger charge is -2.05. The van der Waals surface area contributed by atoms with Crippen molar-refractivity contribution >= 4 is 6.08 Å². The molecule has 0 aliphatic rings. The number of hydrogen-bond acceptors (Lipinski definition) is 0. The Labute approximate surface area is 76.9 Å². The van der Waals surface area contributed by atoms with Crippen molar-refractivity contribution in [1.29, 1.82) is 0 Å². The zero-order chi connectivity index (χ0) is 9.84. The van der Waals surface area contributed by atoms with Crippen LogP contribution in [-0.4, -0.2) is 0 Å². The molecule has 0 bridgehead atoms. The average Bonchev–Trinajstić information content (AvgIpc) is 2.12. The minimum atomic E-state index is -0.773. The molecule has 1 aromatic carbocycles. The molecular weight excluding hydrogens is 170 g/mol. The second-order valence-corrected chi connectivity index (χ2v) is 2.78. The lowest BCUT2D eigenvalue weighted by molar-refractivity contribution is 0.499. The molecule has 0 atom stereocenters. The summed E-state index contributed by atoms with van der Waals surface area (Å²) in [7, 11) is 0. The van der Waals surface area contributed by atoms with Crippen LogP contribution in [0.4, 0.5) is 8.78 Å². The number of allylic oxidation sites excluding steroid dienone is 1. The molecule has 0 heterocycles. The van der Waals surface area contributed by atoms with E-state index in [4.69, 9.17) is 0 Å². The summed E-state index contributed by atoms with van der Waals surface area (Å²) >= 11 is 0. The van der Waals surface area contributed by atoms with E-state index in [9.17, 15) is 8.78 Å². The van der Waals surface area contributed by atoms with E-state index in [1.807, 2.05) is 19.9 Å². The lowest BCUT2D eigenvalue weighted by atomic mass is 10.0. The van der Waals surface area contributed by atoms with Gasteiger partial charge in [0.2, 0.25) is 0 Å². The van der Waals surface area contributed by atoms with E-state index in [1.54, 1.807) is 12.1 Å². The van der Waals surface area contributed by atoms with E-state index >= 15 is 0 Å². The number of rotatable bonds is 2. The molecule has 1 rings (SSSR count). The van der Waals surface area contributed by atoms with E-state index in [1.165, 1.54) is 0 Å². The fourth-order valence-corrected chi connectivity index (χ4v) is 1.30. The Morgan fingerprint density at radius 3 is 2.54 bits per heavy atom. The summed E-state index contributed by atoms with van der Waals surface area (Å²) in [5.41, 5.74) is 1.20. The first-order valence-corrected chi connectivity index (χ1v) is 4.30. The van der Waals surface area contributed by atoms with Crippen LogP contribution in [0.3, 0.4) is 0 Å². The molecule has 2 heteroatoms. The molecule has 13 heavy (non-hydrogen) atoms. The third kappa shape index (κ3) is 1.94. The molecule has 0 saturated carbocycles. The molecule has 0 aliphatic heterocycles.